The number of nitrogens with zero attached hydrogens (tertiary/aromatic N) is 2. The normalized spacial score (nSPS) is 10.4. The predicted molar refractivity (Wildman–Crippen MR) is 73.9 cm³/mol. The molecule has 0 radical (unpaired) electrons. The molecular weight excluding hydrogens is 262 g/mol. The lowest BCUT2D eigenvalue weighted by Crippen LogP contribution is -2.42. The van der Waals surface area contributed by atoms with Crippen molar-refractivity contribution in [3.05, 3.63) is 24.0 Å². The third-order valence-electron chi connectivity index (χ3n) is 2.66. The third kappa shape index (κ3) is 4.51. The van der Waals surface area contributed by atoms with Crippen LogP contribution in [0.25, 0.3) is 0 Å². The van der Waals surface area contributed by atoms with Crippen molar-refractivity contribution in [2.24, 2.45) is 0 Å². The van der Waals surface area contributed by atoms with Crippen LogP contribution in [0.2, 0.25) is 0 Å². The Bertz CT molecular complexity index is 476. The molecule has 2 amide bonds. The molecule has 0 aliphatic heterocycles. The molecular formula is C13H19N3O4. The van der Waals surface area contributed by atoms with Gasteiger partial charge in [0.05, 0.1) is 24.1 Å². The van der Waals surface area contributed by atoms with Crippen molar-refractivity contribution in [3.63, 3.8) is 0 Å². The van der Waals surface area contributed by atoms with Crippen molar-refractivity contribution in [2.75, 3.05) is 25.6 Å². The Kier molecular flexibility index (Phi) is 5.92. The molecule has 7 nitrogen and oxygen atoms in total. The number of carboxylic acids is 1. The minimum atomic E-state index is -1.09. The predicted octanol–water partition coefficient (Wildman–Crippen LogP) is 1.67. The van der Waals surface area contributed by atoms with Gasteiger partial charge in [0, 0.05) is 25.9 Å². The number of aromatic carboxylic acids is 1. The first-order valence-corrected chi connectivity index (χ1v) is 6.20. The highest BCUT2D eigenvalue weighted by atomic mass is 16.5. The molecule has 1 rings (SSSR count). The highest BCUT2D eigenvalue weighted by Gasteiger charge is 2.17. The number of urea groups is 1. The molecule has 110 valence electrons. The van der Waals surface area contributed by atoms with E-state index in [0.717, 1.165) is 0 Å². The molecule has 1 aromatic rings. The molecule has 1 aromatic heterocycles. The van der Waals surface area contributed by atoms with Gasteiger partial charge in [0.2, 0.25) is 0 Å². The topological polar surface area (TPSA) is 91.8 Å². The molecule has 0 atom stereocenters. The molecule has 0 fully saturated rings. The van der Waals surface area contributed by atoms with Crippen LogP contribution in [0.5, 0.6) is 0 Å². The summed E-state index contributed by atoms with van der Waals surface area (Å²) in [5.74, 6) is -1.09. The quantitative estimate of drug-likeness (QED) is 0.827. The van der Waals surface area contributed by atoms with E-state index in [-0.39, 0.29) is 17.6 Å². The van der Waals surface area contributed by atoms with Crippen LogP contribution in [0.4, 0.5) is 10.5 Å². The summed E-state index contributed by atoms with van der Waals surface area (Å²) >= 11 is 0. The van der Waals surface area contributed by atoms with E-state index < -0.39 is 5.97 Å². The Labute approximate surface area is 117 Å². The zero-order chi connectivity index (χ0) is 15.1. The van der Waals surface area contributed by atoms with E-state index in [4.69, 9.17) is 9.84 Å². The van der Waals surface area contributed by atoms with Crippen LogP contribution in [-0.4, -0.2) is 53.3 Å². The van der Waals surface area contributed by atoms with Gasteiger partial charge in [-0.1, -0.05) is 0 Å². The molecule has 0 unspecified atom stereocenters. The SMILES string of the molecule is COCCN(C(=O)Nc1cncc(C(=O)O)c1)C(C)C. The average Bonchev–Trinajstić information content (AvgIpc) is 2.39. The number of aromatic nitrogens is 1. The fourth-order valence-electron chi connectivity index (χ4n) is 1.60. The Morgan fingerprint density at radius 2 is 2.15 bits per heavy atom. The number of carbonyl (C=O) groups is 2. The van der Waals surface area contributed by atoms with E-state index in [1.807, 2.05) is 13.8 Å². The number of hydrogen-bond donors (Lipinski definition) is 2. The number of anilines is 1. The molecule has 0 bridgehead atoms. The lowest BCUT2D eigenvalue weighted by Gasteiger charge is -2.26. The van der Waals surface area contributed by atoms with E-state index in [2.05, 4.69) is 10.3 Å². The number of nitrogens with one attached hydrogen (secondary N) is 1. The van der Waals surface area contributed by atoms with Crippen molar-refractivity contribution < 1.29 is 19.4 Å². The molecule has 1 heterocycles. The van der Waals surface area contributed by atoms with Crippen LogP contribution < -0.4 is 5.32 Å². The summed E-state index contributed by atoms with van der Waals surface area (Å²) in [4.78, 5) is 28.3. The fourth-order valence-corrected chi connectivity index (χ4v) is 1.60. The van der Waals surface area contributed by atoms with Crippen molar-refractivity contribution in [1.29, 1.82) is 0 Å². The Morgan fingerprint density at radius 1 is 1.45 bits per heavy atom. The molecule has 2 N–H and O–H groups in total. The number of methoxy groups -OCH3 is 1. The average molecular weight is 281 g/mol. The van der Waals surface area contributed by atoms with E-state index in [9.17, 15) is 9.59 Å². The molecule has 0 spiro atoms. The van der Waals surface area contributed by atoms with E-state index in [1.54, 1.807) is 12.0 Å². The van der Waals surface area contributed by atoms with Gasteiger partial charge >= 0.3 is 12.0 Å². The monoisotopic (exact) mass is 281 g/mol. The van der Waals surface area contributed by atoms with Gasteiger partial charge in [0.25, 0.3) is 0 Å². The molecule has 0 aliphatic carbocycles. The largest absolute Gasteiger partial charge is 0.478 e. The smallest absolute Gasteiger partial charge is 0.337 e. The molecule has 0 aliphatic rings. The third-order valence-corrected chi connectivity index (χ3v) is 2.66. The van der Waals surface area contributed by atoms with Gasteiger partial charge in [0.1, 0.15) is 0 Å². The number of hydrogen-bond acceptors (Lipinski definition) is 4. The number of pyridine rings is 1. The zero-order valence-corrected chi connectivity index (χ0v) is 11.8. The Morgan fingerprint density at radius 3 is 2.70 bits per heavy atom. The summed E-state index contributed by atoms with van der Waals surface area (Å²) in [5.41, 5.74) is 0.369. The standard InChI is InChI=1S/C13H19N3O4/c1-9(2)16(4-5-20-3)13(19)15-11-6-10(12(17)18)7-14-8-11/h6-9H,4-5H2,1-3H3,(H,15,19)(H,17,18). The minimum absolute atomic E-state index is 0.000709. The Hall–Kier alpha value is -2.15. The van der Waals surface area contributed by atoms with Gasteiger partial charge in [0.15, 0.2) is 0 Å². The molecule has 20 heavy (non-hydrogen) atoms. The van der Waals surface area contributed by atoms with E-state index in [1.165, 1.54) is 18.5 Å². The van der Waals surface area contributed by atoms with Crippen LogP contribution in [-0.2, 0) is 4.74 Å². The lowest BCUT2D eigenvalue weighted by molar-refractivity contribution is 0.0696. The molecule has 7 heteroatoms. The highest BCUT2D eigenvalue weighted by Crippen LogP contribution is 2.10. The molecule has 0 aromatic carbocycles. The minimum Gasteiger partial charge on any atom is -0.478 e. The summed E-state index contributed by atoms with van der Waals surface area (Å²) in [6, 6.07) is 1.05. The van der Waals surface area contributed by atoms with Crippen LogP contribution in [0.3, 0.4) is 0 Å². The highest BCUT2D eigenvalue weighted by molar-refractivity contribution is 5.92. The van der Waals surface area contributed by atoms with Crippen molar-refractivity contribution in [1.82, 2.24) is 9.88 Å². The molecule has 0 saturated carbocycles. The fraction of sp³-hybridized carbons (Fsp3) is 0.462. The summed E-state index contributed by atoms with van der Waals surface area (Å²) in [6.07, 6.45) is 2.63. The van der Waals surface area contributed by atoms with Crippen LogP contribution in [0.15, 0.2) is 18.5 Å². The number of ether oxygens (including phenoxy) is 1. The zero-order valence-electron chi connectivity index (χ0n) is 11.8. The van der Waals surface area contributed by atoms with Gasteiger partial charge in [-0.05, 0) is 19.9 Å². The lowest BCUT2D eigenvalue weighted by atomic mass is 10.2. The maximum atomic E-state index is 12.1. The van der Waals surface area contributed by atoms with Crippen molar-refractivity contribution >= 4 is 17.7 Å². The van der Waals surface area contributed by atoms with Crippen molar-refractivity contribution in [2.45, 2.75) is 19.9 Å². The number of amides is 2. The summed E-state index contributed by atoms with van der Waals surface area (Å²) in [6.45, 7) is 4.66. The van der Waals surface area contributed by atoms with Crippen LogP contribution in [0, 0.1) is 0 Å². The maximum absolute atomic E-state index is 12.1. The number of carbonyl (C=O) groups excluding carboxylic acids is 1. The van der Waals surface area contributed by atoms with Crippen LogP contribution >= 0.6 is 0 Å². The number of rotatable bonds is 6. The van der Waals surface area contributed by atoms with E-state index >= 15 is 0 Å². The second-order valence-corrected chi connectivity index (χ2v) is 4.48. The van der Waals surface area contributed by atoms with Gasteiger partial charge < -0.3 is 20.1 Å². The van der Waals surface area contributed by atoms with Gasteiger partial charge in [-0.2, -0.15) is 0 Å². The van der Waals surface area contributed by atoms with Gasteiger partial charge in [-0.3, -0.25) is 4.98 Å². The van der Waals surface area contributed by atoms with E-state index in [0.29, 0.717) is 18.8 Å². The summed E-state index contributed by atoms with van der Waals surface area (Å²) in [7, 11) is 1.57. The first-order chi connectivity index (χ1) is 9.45. The first kappa shape index (κ1) is 15.9. The first-order valence-electron chi connectivity index (χ1n) is 6.20. The summed E-state index contributed by atoms with van der Waals surface area (Å²) < 4.78 is 4.96. The summed E-state index contributed by atoms with van der Waals surface area (Å²) in [5, 5.41) is 11.5. The van der Waals surface area contributed by atoms with Gasteiger partial charge in [-0.15, -0.1) is 0 Å². The Balaban J connectivity index is 2.77. The molecule has 0 saturated heterocycles. The van der Waals surface area contributed by atoms with Crippen LogP contribution in [0.1, 0.15) is 24.2 Å². The maximum Gasteiger partial charge on any atom is 0.337 e. The second-order valence-electron chi connectivity index (χ2n) is 4.48. The second kappa shape index (κ2) is 7.44. The number of carboxylic acid groups (broad SMARTS) is 1. The van der Waals surface area contributed by atoms with Gasteiger partial charge in [-0.25, -0.2) is 9.59 Å². The van der Waals surface area contributed by atoms with Crippen molar-refractivity contribution in [3.8, 4) is 0 Å².